The lowest BCUT2D eigenvalue weighted by atomic mass is 9.96. The van der Waals surface area contributed by atoms with Crippen molar-refractivity contribution in [1.82, 2.24) is 4.72 Å². The highest BCUT2D eigenvalue weighted by molar-refractivity contribution is 7.89. The van der Waals surface area contributed by atoms with Crippen LogP contribution in [-0.4, -0.2) is 34.5 Å². The van der Waals surface area contributed by atoms with Gasteiger partial charge in [0.05, 0.1) is 12.0 Å². The molecule has 154 valence electrons. The van der Waals surface area contributed by atoms with Crippen molar-refractivity contribution in [2.24, 2.45) is 5.73 Å². The van der Waals surface area contributed by atoms with Crippen LogP contribution in [0.3, 0.4) is 0 Å². The predicted molar refractivity (Wildman–Crippen MR) is 113 cm³/mol. The first-order valence-corrected chi connectivity index (χ1v) is 10.1. The number of anilines is 1. The molecule has 7 nitrogen and oxygen atoms in total. The highest BCUT2D eigenvalue weighted by Crippen LogP contribution is 2.28. The number of halogens is 1. The Kier molecular flexibility index (Phi) is 9.40. The van der Waals surface area contributed by atoms with Crippen molar-refractivity contribution >= 4 is 34.0 Å². The second-order valence-corrected chi connectivity index (χ2v) is 7.88. The van der Waals surface area contributed by atoms with Gasteiger partial charge in [0.15, 0.2) is 0 Å². The van der Waals surface area contributed by atoms with Crippen LogP contribution in [-0.2, 0) is 14.8 Å². The van der Waals surface area contributed by atoms with Crippen LogP contribution in [0.4, 0.5) is 5.69 Å². The molecule has 0 saturated heterocycles. The topological polar surface area (TPSA) is 111 Å². The molecule has 0 heterocycles. The first-order valence-electron chi connectivity index (χ1n) is 8.60. The quantitative estimate of drug-likeness (QED) is 0.569. The number of sulfonamides is 1. The van der Waals surface area contributed by atoms with Gasteiger partial charge in [0.2, 0.25) is 15.9 Å². The fraction of sp³-hybridized carbons (Fsp3) is 0.316. The Balaban J connectivity index is 0.00000392. The van der Waals surface area contributed by atoms with Gasteiger partial charge in [-0.1, -0.05) is 31.2 Å². The molecule has 0 radical (unpaired) electrons. The summed E-state index contributed by atoms with van der Waals surface area (Å²) < 4.78 is 32.1. The zero-order valence-electron chi connectivity index (χ0n) is 15.8. The molecule has 1 atom stereocenters. The zero-order chi connectivity index (χ0) is 19.9. The highest BCUT2D eigenvalue weighted by atomic mass is 35.5. The first kappa shape index (κ1) is 23.9. The minimum atomic E-state index is -3.65. The number of benzene rings is 2. The third kappa shape index (κ3) is 6.49. The highest BCUT2D eigenvalue weighted by Gasteiger charge is 2.17. The molecule has 0 aromatic heterocycles. The summed E-state index contributed by atoms with van der Waals surface area (Å²) in [5.74, 6) is 0.467. The van der Waals surface area contributed by atoms with Crippen LogP contribution in [0.2, 0.25) is 0 Å². The van der Waals surface area contributed by atoms with Gasteiger partial charge in [-0.25, -0.2) is 13.1 Å². The average molecular weight is 428 g/mol. The number of carbonyl (C=O) groups is 1. The van der Waals surface area contributed by atoms with Crippen molar-refractivity contribution in [3.05, 3.63) is 54.1 Å². The van der Waals surface area contributed by atoms with Crippen molar-refractivity contribution in [3.8, 4) is 5.75 Å². The predicted octanol–water partition coefficient (Wildman–Crippen LogP) is 2.49. The van der Waals surface area contributed by atoms with Crippen molar-refractivity contribution in [2.45, 2.75) is 24.2 Å². The Morgan fingerprint density at radius 2 is 1.89 bits per heavy atom. The Hall–Kier alpha value is -2.13. The molecule has 0 aliphatic carbocycles. The van der Waals surface area contributed by atoms with Crippen molar-refractivity contribution in [1.29, 1.82) is 0 Å². The smallest absolute Gasteiger partial charge is 0.240 e. The van der Waals surface area contributed by atoms with Gasteiger partial charge in [0, 0.05) is 25.2 Å². The van der Waals surface area contributed by atoms with Gasteiger partial charge in [-0.2, -0.15) is 0 Å². The Bertz CT molecular complexity index is 890. The Morgan fingerprint density at radius 3 is 2.57 bits per heavy atom. The maximum Gasteiger partial charge on any atom is 0.240 e. The number of ether oxygens (including phenoxy) is 1. The van der Waals surface area contributed by atoms with Crippen molar-refractivity contribution < 1.29 is 17.9 Å². The minimum absolute atomic E-state index is 0. The Morgan fingerprint density at radius 1 is 1.18 bits per heavy atom. The Labute approximate surface area is 172 Å². The molecule has 2 rings (SSSR count). The molecule has 28 heavy (non-hydrogen) atoms. The van der Waals surface area contributed by atoms with Crippen LogP contribution in [0.15, 0.2) is 53.4 Å². The molecule has 0 spiro atoms. The standard InChI is InChI=1S/C19H25N3O4S.ClH/c1-14(17-8-3-4-9-18(17)26-2)12-19(23)22-15-6-5-7-16(13-15)27(24,25)21-11-10-20;/h3-9,13-14,21H,10-12,20H2,1-2H3,(H,22,23);1H. The lowest BCUT2D eigenvalue weighted by Crippen LogP contribution is -2.29. The molecule has 0 aliphatic heterocycles. The number of methoxy groups -OCH3 is 1. The van der Waals surface area contributed by atoms with Gasteiger partial charge in [0.1, 0.15) is 5.75 Å². The van der Waals surface area contributed by atoms with Crippen molar-refractivity contribution in [3.63, 3.8) is 0 Å². The van der Waals surface area contributed by atoms with E-state index < -0.39 is 10.0 Å². The lowest BCUT2D eigenvalue weighted by Gasteiger charge is -2.15. The molecule has 0 bridgehead atoms. The summed E-state index contributed by atoms with van der Waals surface area (Å²) in [4.78, 5) is 12.5. The van der Waals surface area contributed by atoms with Crippen molar-refractivity contribution in [2.75, 3.05) is 25.5 Å². The van der Waals surface area contributed by atoms with Crippen LogP contribution in [0.5, 0.6) is 5.75 Å². The number of rotatable bonds is 9. The molecule has 0 aliphatic rings. The van der Waals surface area contributed by atoms with Gasteiger partial charge < -0.3 is 15.8 Å². The molecule has 1 unspecified atom stereocenters. The van der Waals surface area contributed by atoms with E-state index in [1.165, 1.54) is 12.1 Å². The molecule has 4 N–H and O–H groups in total. The van der Waals surface area contributed by atoms with E-state index >= 15 is 0 Å². The van der Waals surface area contributed by atoms with E-state index in [1.54, 1.807) is 19.2 Å². The first-order chi connectivity index (χ1) is 12.9. The van der Waals surface area contributed by atoms with E-state index in [1.807, 2.05) is 31.2 Å². The van der Waals surface area contributed by atoms with Crippen LogP contribution in [0, 0.1) is 0 Å². The van der Waals surface area contributed by atoms with Crippen LogP contribution in [0.1, 0.15) is 24.8 Å². The van der Waals surface area contributed by atoms with E-state index in [4.69, 9.17) is 10.5 Å². The summed E-state index contributed by atoms with van der Waals surface area (Å²) in [5, 5.41) is 2.75. The number of nitrogens with two attached hydrogens (primary N) is 1. The normalized spacial score (nSPS) is 12.0. The maximum absolute atomic E-state index is 12.4. The van der Waals surface area contributed by atoms with Crippen LogP contribution < -0.4 is 20.5 Å². The van der Waals surface area contributed by atoms with Gasteiger partial charge in [0.25, 0.3) is 0 Å². The molecule has 1 amide bonds. The SMILES string of the molecule is COc1ccccc1C(C)CC(=O)Nc1cccc(S(=O)(=O)NCCN)c1.Cl. The van der Waals surface area contributed by atoms with E-state index in [0.29, 0.717) is 5.69 Å². The maximum atomic E-state index is 12.4. The molecule has 2 aromatic carbocycles. The largest absolute Gasteiger partial charge is 0.496 e. The fourth-order valence-electron chi connectivity index (χ4n) is 2.69. The number of carbonyl (C=O) groups excluding carboxylic acids is 1. The summed E-state index contributed by atoms with van der Waals surface area (Å²) >= 11 is 0. The van der Waals surface area contributed by atoms with Crippen LogP contribution >= 0.6 is 12.4 Å². The molecule has 0 saturated carbocycles. The molecule has 2 aromatic rings. The molecular formula is C19H26ClN3O4S. The third-order valence-corrected chi connectivity index (χ3v) is 5.48. The average Bonchev–Trinajstić information content (AvgIpc) is 2.66. The van der Waals surface area contributed by atoms with Gasteiger partial charge in [-0.05, 0) is 35.7 Å². The number of amides is 1. The number of hydrogen-bond donors (Lipinski definition) is 3. The van der Waals surface area contributed by atoms with Gasteiger partial charge in [-0.15, -0.1) is 12.4 Å². The summed E-state index contributed by atoms with van der Waals surface area (Å²) in [5.41, 5.74) is 6.69. The zero-order valence-corrected chi connectivity index (χ0v) is 17.5. The number of hydrogen-bond acceptors (Lipinski definition) is 5. The summed E-state index contributed by atoms with van der Waals surface area (Å²) in [6.07, 6.45) is 0.239. The summed E-state index contributed by atoms with van der Waals surface area (Å²) in [6.45, 7) is 2.29. The molecule has 9 heteroatoms. The number of para-hydroxylation sites is 1. The van der Waals surface area contributed by atoms with Crippen LogP contribution in [0.25, 0.3) is 0 Å². The second kappa shape index (κ2) is 11.0. The van der Waals surface area contributed by atoms with Gasteiger partial charge in [-0.3, -0.25) is 4.79 Å². The lowest BCUT2D eigenvalue weighted by molar-refractivity contribution is -0.116. The summed E-state index contributed by atoms with van der Waals surface area (Å²) in [7, 11) is -2.06. The van der Waals surface area contributed by atoms with E-state index in [2.05, 4.69) is 10.0 Å². The van der Waals surface area contributed by atoms with E-state index in [0.717, 1.165) is 11.3 Å². The monoisotopic (exact) mass is 427 g/mol. The molecule has 0 fully saturated rings. The third-order valence-electron chi connectivity index (χ3n) is 4.03. The fourth-order valence-corrected chi connectivity index (χ4v) is 3.78. The van der Waals surface area contributed by atoms with E-state index in [9.17, 15) is 13.2 Å². The second-order valence-electron chi connectivity index (χ2n) is 6.11. The number of nitrogens with one attached hydrogen (secondary N) is 2. The van der Waals surface area contributed by atoms with E-state index in [-0.39, 0.29) is 48.6 Å². The minimum Gasteiger partial charge on any atom is -0.496 e. The van der Waals surface area contributed by atoms with Gasteiger partial charge >= 0.3 is 0 Å². The summed E-state index contributed by atoms with van der Waals surface area (Å²) in [6, 6.07) is 13.7. The molecular weight excluding hydrogens is 402 g/mol.